The molecule has 0 spiro atoms. The lowest BCUT2D eigenvalue weighted by atomic mass is 10.0. The molecule has 0 atom stereocenters. The third kappa shape index (κ3) is 1.03. The minimum atomic E-state index is -0.682. The average Bonchev–Trinajstić information content (AvgIpc) is 2.06. The van der Waals surface area contributed by atoms with E-state index in [2.05, 4.69) is 0 Å². The number of nitrogens with zero attached hydrogens (tertiary/aromatic N) is 2. The summed E-state index contributed by atoms with van der Waals surface area (Å²) < 4.78 is 1.11. The molecule has 0 N–H and O–H groups in total. The van der Waals surface area contributed by atoms with Crippen LogP contribution in [-0.4, -0.2) is 33.4 Å². The Morgan fingerprint density at radius 2 is 1.91 bits per heavy atom. The molecule has 0 aromatic carbocycles. The normalized spacial score (nSPS) is 23.2. The second-order valence-electron chi connectivity index (χ2n) is 2.99. The van der Waals surface area contributed by atoms with Gasteiger partial charge in [-0.3, -0.25) is 4.79 Å². The zero-order valence-electron chi connectivity index (χ0n) is 6.59. The Morgan fingerprint density at radius 3 is 2.00 bits per heavy atom. The van der Waals surface area contributed by atoms with Crippen LogP contribution in [0.4, 0.5) is 4.79 Å². The maximum Gasteiger partial charge on any atom is 0.323 e. The highest BCUT2D eigenvalue weighted by Crippen LogP contribution is 2.27. The van der Waals surface area contributed by atoms with Gasteiger partial charge in [0.05, 0.1) is 22.9 Å². The van der Waals surface area contributed by atoms with Crippen molar-refractivity contribution in [2.75, 3.05) is 0 Å². The van der Waals surface area contributed by atoms with Gasteiger partial charge in [-0.1, -0.05) is 0 Å². The third-order valence-electron chi connectivity index (χ3n) is 2.00. The van der Waals surface area contributed by atoms with Crippen molar-refractivity contribution in [2.24, 2.45) is 0 Å². The SMILES string of the molecule is BN1C(=O)N(I)C(=O)C1(C)C. The van der Waals surface area contributed by atoms with E-state index in [9.17, 15) is 9.59 Å². The molecule has 1 rings (SSSR count). The second-order valence-corrected chi connectivity index (χ2v) is 3.95. The van der Waals surface area contributed by atoms with Gasteiger partial charge in [-0.2, -0.15) is 0 Å². The fraction of sp³-hybridized carbons (Fsp3) is 0.600. The van der Waals surface area contributed by atoms with Crippen molar-refractivity contribution in [1.82, 2.24) is 7.92 Å². The molecular formula is C5H8BIN2O2. The molecule has 0 radical (unpaired) electrons. The summed E-state index contributed by atoms with van der Waals surface area (Å²) in [6.07, 6.45) is 0. The molecule has 1 fully saturated rings. The molecule has 0 bridgehead atoms. The number of amides is 3. The zero-order valence-corrected chi connectivity index (χ0v) is 8.75. The lowest BCUT2D eigenvalue weighted by Crippen LogP contribution is -2.42. The number of hydrogen-bond acceptors (Lipinski definition) is 2. The standard InChI is InChI=1S/C5H8BIN2O2/c1-5(2)3(10)8(7)4(11)9(5)6/h6H2,1-2H3. The molecule has 1 saturated heterocycles. The van der Waals surface area contributed by atoms with Crippen molar-refractivity contribution in [3.05, 3.63) is 0 Å². The van der Waals surface area contributed by atoms with Crippen molar-refractivity contribution in [1.29, 1.82) is 0 Å². The summed E-state index contributed by atoms with van der Waals surface area (Å²) in [6.45, 7) is 3.46. The smallest absolute Gasteiger partial charge is 0.323 e. The minimum absolute atomic E-state index is 0.161. The molecule has 60 valence electrons. The third-order valence-corrected chi connectivity index (χ3v) is 2.85. The number of imide groups is 1. The number of carbonyl (C=O) groups is 2. The molecule has 4 nitrogen and oxygen atoms in total. The van der Waals surface area contributed by atoms with E-state index < -0.39 is 5.54 Å². The minimum Gasteiger partial charge on any atom is -0.362 e. The van der Waals surface area contributed by atoms with Crippen LogP contribution in [0.5, 0.6) is 0 Å². The first-order valence-electron chi connectivity index (χ1n) is 3.17. The first-order valence-corrected chi connectivity index (χ1v) is 4.13. The summed E-state index contributed by atoms with van der Waals surface area (Å²) in [5.41, 5.74) is -0.682. The van der Waals surface area contributed by atoms with Gasteiger partial charge in [-0.15, -0.1) is 0 Å². The first-order chi connectivity index (χ1) is 4.89. The Hall–Kier alpha value is -0.265. The molecule has 1 heterocycles. The quantitative estimate of drug-likeness (QED) is 0.266. The van der Waals surface area contributed by atoms with Crippen molar-refractivity contribution in [3.63, 3.8) is 0 Å². The van der Waals surface area contributed by atoms with E-state index in [4.69, 9.17) is 0 Å². The average molecular weight is 266 g/mol. The van der Waals surface area contributed by atoms with E-state index in [0.29, 0.717) is 0 Å². The largest absolute Gasteiger partial charge is 0.362 e. The van der Waals surface area contributed by atoms with Gasteiger partial charge in [0.2, 0.25) is 7.98 Å². The van der Waals surface area contributed by atoms with Crippen LogP contribution in [0.15, 0.2) is 0 Å². The van der Waals surface area contributed by atoms with E-state index in [1.165, 1.54) is 4.81 Å². The van der Waals surface area contributed by atoms with Crippen LogP contribution in [-0.2, 0) is 4.79 Å². The molecule has 3 amide bonds. The predicted octanol–water partition coefficient (Wildman–Crippen LogP) is -0.0727. The number of halogens is 1. The Balaban J connectivity index is 3.06. The lowest BCUT2D eigenvalue weighted by Gasteiger charge is -2.23. The Kier molecular flexibility index (Phi) is 1.90. The van der Waals surface area contributed by atoms with E-state index in [1.807, 2.05) is 0 Å². The summed E-state index contributed by atoms with van der Waals surface area (Å²) in [5.74, 6) is -0.161. The van der Waals surface area contributed by atoms with Crippen LogP contribution in [0.3, 0.4) is 0 Å². The molecule has 0 aromatic heterocycles. The second kappa shape index (κ2) is 2.36. The highest BCUT2D eigenvalue weighted by Gasteiger charge is 2.47. The molecule has 0 aliphatic carbocycles. The van der Waals surface area contributed by atoms with Crippen LogP contribution in [0.1, 0.15) is 13.8 Å². The van der Waals surface area contributed by atoms with Crippen LogP contribution in [0, 0.1) is 0 Å². The molecule has 6 heteroatoms. The van der Waals surface area contributed by atoms with Crippen molar-refractivity contribution >= 4 is 42.8 Å². The zero-order chi connectivity index (χ0) is 8.81. The van der Waals surface area contributed by atoms with Gasteiger partial charge in [0.15, 0.2) is 0 Å². The fourth-order valence-electron chi connectivity index (χ4n) is 0.841. The summed E-state index contributed by atoms with van der Waals surface area (Å²) in [7, 11) is 1.62. The van der Waals surface area contributed by atoms with E-state index in [0.717, 1.165) is 3.11 Å². The Bertz CT molecular complexity index is 231. The summed E-state index contributed by atoms with van der Waals surface area (Å²) >= 11 is 1.72. The molecule has 0 aromatic rings. The van der Waals surface area contributed by atoms with Crippen molar-refractivity contribution < 1.29 is 9.59 Å². The van der Waals surface area contributed by atoms with Gasteiger partial charge < -0.3 is 4.81 Å². The predicted molar refractivity (Wildman–Crippen MR) is 50.7 cm³/mol. The van der Waals surface area contributed by atoms with Gasteiger partial charge in [0.25, 0.3) is 5.91 Å². The van der Waals surface area contributed by atoms with Gasteiger partial charge in [-0.05, 0) is 13.8 Å². The molecule has 0 saturated carbocycles. The number of hydrogen-bond donors (Lipinski definition) is 0. The highest BCUT2D eigenvalue weighted by molar-refractivity contribution is 14.1. The molecule has 1 aliphatic heterocycles. The lowest BCUT2D eigenvalue weighted by molar-refractivity contribution is -0.126. The van der Waals surface area contributed by atoms with Crippen LogP contribution in [0.2, 0.25) is 0 Å². The van der Waals surface area contributed by atoms with E-state index >= 15 is 0 Å². The highest BCUT2D eigenvalue weighted by atomic mass is 127. The van der Waals surface area contributed by atoms with Crippen LogP contribution < -0.4 is 0 Å². The Morgan fingerprint density at radius 1 is 1.45 bits per heavy atom. The first kappa shape index (κ1) is 8.83. The molecule has 1 aliphatic rings. The molecule has 11 heavy (non-hydrogen) atoms. The molecular weight excluding hydrogens is 258 g/mol. The fourth-order valence-corrected chi connectivity index (χ4v) is 1.76. The van der Waals surface area contributed by atoms with Gasteiger partial charge in [0.1, 0.15) is 5.54 Å². The topological polar surface area (TPSA) is 40.6 Å². The summed E-state index contributed by atoms with van der Waals surface area (Å²) in [5, 5.41) is 0. The Labute approximate surface area is 79.8 Å². The van der Waals surface area contributed by atoms with Crippen molar-refractivity contribution in [2.45, 2.75) is 19.4 Å². The monoisotopic (exact) mass is 266 g/mol. The van der Waals surface area contributed by atoms with E-state index in [1.54, 1.807) is 44.7 Å². The maximum absolute atomic E-state index is 11.3. The maximum atomic E-state index is 11.3. The molecule has 0 unspecified atom stereocenters. The number of carbonyl (C=O) groups excluding carboxylic acids is 2. The van der Waals surface area contributed by atoms with Crippen LogP contribution in [0.25, 0.3) is 0 Å². The summed E-state index contributed by atoms with van der Waals surface area (Å²) in [4.78, 5) is 23.9. The van der Waals surface area contributed by atoms with E-state index in [-0.39, 0.29) is 11.9 Å². The number of urea groups is 1. The van der Waals surface area contributed by atoms with Gasteiger partial charge >= 0.3 is 6.03 Å². The van der Waals surface area contributed by atoms with Gasteiger partial charge in [0, 0.05) is 0 Å². The van der Waals surface area contributed by atoms with Gasteiger partial charge in [-0.25, -0.2) is 7.91 Å². The summed E-state index contributed by atoms with van der Waals surface area (Å²) in [6, 6.07) is -0.249. The van der Waals surface area contributed by atoms with Crippen LogP contribution >= 0.6 is 22.9 Å². The van der Waals surface area contributed by atoms with Crippen molar-refractivity contribution in [3.8, 4) is 0 Å². The number of rotatable bonds is 0.